The average molecular weight is 215 g/mol. The monoisotopic (exact) mass is 215 g/mol. The third-order valence-electron chi connectivity index (χ3n) is 2.87. The van der Waals surface area contributed by atoms with Crippen LogP contribution in [0.15, 0.2) is 36.4 Å². The van der Waals surface area contributed by atoms with Crippen LogP contribution in [0, 0.1) is 6.92 Å². The lowest BCUT2D eigenvalue weighted by atomic mass is 10.0. The molecule has 1 aromatic carbocycles. The van der Waals surface area contributed by atoms with Gasteiger partial charge in [0.1, 0.15) is 0 Å². The molecule has 1 aliphatic heterocycles. The van der Waals surface area contributed by atoms with Crippen LogP contribution in [-0.4, -0.2) is 16.7 Å². The highest BCUT2D eigenvalue weighted by molar-refractivity contribution is 6.13. The highest BCUT2D eigenvalue weighted by Gasteiger charge is 2.29. The summed E-state index contributed by atoms with van der Waals surface area (Å²) in [6.07, 6.45) is 2.63. The lowest BCUT2D eigenvalue weighted by molar-refractivity contribution is -0.139. The Labute approximate surface area is 94.4 Å². The second-order valence-corrected chi connectivity index (χ2v) is 3.91. The van der Waals surface area contributed by atoms with Gasteiger partial charge < -0.3 is 0 Å². The van der Waals surface area contributed by atoms with Crippen molar-refractivity contribution in [3.63, 3.8) is 0 Å². The molecule has 0 N–H and O–H groups in total. The Morgan fingerprint density at radius 3 is 2.19 bits per heavy atom. The van der Waals surface area contributed by atoms with Crippen LogP contribution in [0.2, 0.25) is 0 Å². The van der Waals surface area contributed by atoms with E-state index < -0.39 is 0 Å². The largest absolute Gasteiger partial charge is 0.269 e. The molecule has 0 aromatic heterocycles. The Hall–Kier alpha value is -1.90. The van der Waals surface area contributed by atoms with Gasteiger partial charge in [-0.1, -0.05) is 24.3 Å². The van der Waals surface area contributed by atoms with Crippen LogP contribution in [0.25, 0.3) is 0 Å². The number of imide groups is 1. The number of nitrogens with zero attached hydrogens (tertiary/aromatic N) is 1. The first-order chi connectivity index (χ1) is 7.61. The first-order valence-corrected chi connectivity index (χ1v) is 5.22. The molecule has 0 saturated heterocycles. The first-order valence-electron chi connectivity index (χ1n) is 5.22. The molecule has 1 aromatic rings. The summed E-state index contributed by atoms with van der Waals surface area (Å²) in [6.45, 7) is 3.84. The molecule has 0 fully saturated rings. The normalized spacial score (nSPS) is 17.0. The third kappa shape index (κ3) is 1.65. The number of aryl methyl sites for hydroxylation is 1. The second-order valence-electron chi connectivity index (χ2n) is 3.91. The lowest BCUT2D eigenvalue weighted by Gasteiger charge is -2.24. The van der Waals surface area contributed by atoms with Crippen molar-refractivity contribution in [2.75, 3.05) is 0 Å². The molecular weight excluding hydrogens is 202 g/mol. The van der Waals surface area contributed by atoms with Crippen LogP contribution in [0.1, 0.15) is 24.1 Å². The van der Waals surface area contributed by atoms with E-state index in [4.69, 9.17) is 0 Å². The van der Waals surface area contributed by atoms with Gasteiger partial charge in [0.2, 0.25) is 0 Å². The Morgan fingerprint density at radius 1 is 1.06 bits per heavy atom. The van der Waals surface area contributed by atoms with Crippen molar-refractivity contribution in [1.82, 2.24) is 4.90 Å². The molecule has 3 nitrogen and oxygen atoms in total. The number of carbonyl (C=O) groups is 2. The minimum absolute atomic E-state index is 0.212. The molecule has 2 amide bonds. The van der Waals surface area contributed by atoms with Gasteiger partial charge in [-0.3, -0.25) is 14.5 Å². The zero-order valence-electron chi connectivity index (χ0n) is 9.31. The summed E-state index contributed by atoms with van der Waals surface area (Å²) in [5.41, 5.74) is 2.09. The van der Waals surface area contributed by atoms with E-state index in [0.29, 0.717) is 0 Å². The number of amides is 2. The number of hydrogen-bond acceptors (Lipinski definition) is 2. The predicted octanol–water partition coefficient (Wildman–Crippen LogP) is 1.98. The second kappa shape index (κ2) is 3.93. The van der Waals surface area contributed by atoms with E-state index >= 15 is 0 Å². The molecule has 16 heavy (non-hydrogen) atoms. The van der Waals surface area contributed by atoms with Gasteiger partial charge in [-0.25, -0.2) is 0 Å². The molecule has 3 heteroatoms. The smallest absolute Gasteiger partial charge is 0.254 e. The molecule has 1 unspecified atom stereocenters. The van der Waals surface area contributed by atoms with E-state index in [-0.39, 0.29) is 17.9 Å². The topological polar surface area (TPSA) is 37.4 Å². The van der Waals surface area contributed by atoms with Crippen LogP contribution in [0.5, 0.6) is 0 Å². The summed E-state index contributed by atoms with van der Waals surface area (Å²) in [7, 11) is 0. The molecule has 0 aliphatic carbocycles. The van der Waals surface area contributed by atoms with E-state index in [9.17, 15) is 9.59 Å². The summed E-state index contributed by atoms with van der Waals surface area (Å²) in [5.74, 6) is -0.471. The fourth-order valence-corrected chi connectivity index (χ4v) is 1.99. The first kappa shape index (κ1) is 10.6. The SMILES string of the molecule is Cc1ccccc1C(C)N1C(=O)C=CC1=O. The molecular formula is C13H13NO2. The minimum Gasteiger partial charge on any atom is -0.269 e. The summed E-state index contributed by atoms with van der Waals surface area (Å²) < 4.78 is 0. The van der Waals surface area contributed by atoms with Gasteiger partial charge in [-0.15, -0.1) is 0 Å². The van der Waals surface area contributed by atoms with Crippen LogP contribution in [0.3, 0.4) is 0 Å². The van der Waals surface area contributed by atoms with Crippen LogP contribution in [0.4, 0.5) is 0 Å². The van der Waals surface area contributed by atoms with Crippen LogP contribution in [-0.2, 0) is 9.59 Å². The highest BCUT2D eigenvalue weighted by Crippen LogP contribution is 2.25. The van der Waals surface area contributed by atoms with Gasteiger partial charge in [-0.2, -0.15) is 0 Å². The molecule has 0 bridgehead atoms. The lowest BCUT2D eigenvalue weighted by Crippen LogP contribution is -2.33. The van der Waals surface area contributed by atoms with Gasteiger partial charge in [0.15, 0.2) is 0 Å². The van der Waals surface area contributed by atoms with E-state index in [0.717, 1.165) is 11.1 Å². The number of rotatable bonds is 2. The highest BCUT2D eigenvalue weighted by atomic mass is 16.2. The molecule has 0 saturated carbocycles. The molecule has 0 radical (unpaired) electrons. The molecule has 0 spiro atoms. The third-order valence-corrected chi connectivity index (χ3v) is 2.87. The molecule has 82 valence electrons. The molecule has 1 atom stereocenters. The zero-order valence-corrected chi connectivity index (χ0v) is 9.31. The number of hydrogen-bond donors (Lipinski definition) is 0. The van der Waals surface area contributed by atoms with Crippen LogP contribution >= 0.6 is 0 Å². The van der Waals surface area contributed by atoms with Crippen molar-refractivity contribution >= 4 is 11.8 Å². The standard InChI is InChI=1S/C13H13NO2/c1-9-5-3-4-6-11(9)10(2)14-12(15)7-8-13(14)16/h3-8,10H,1-2H3. The van der Waals surface area contributed by atoms with Crippen molar-refractivity contribution in [3.8, 4) is 0 Å². The van der Waals surface area contributed by atoms with Gasteiger partial charge >= 0.3 is 0 Å². The Morgan fingerprint density at radius 2 is 1.62 bits per heavy atom. The summed E-state index contributed by atoms with van der Waals surface area (Å²) in [5, 5.41) is 0. The van der Waals surface area contributed by atoms with Gasteiger partial charge in [0.25, 0.3) is 11.8 Å². The maximum Gasteiger partial charge on any atom is 0.254 e. The number of carbonyl (C=O) groups excluding carboxylic acids is 2. The zero-order chi connectivity index (χ0) is 11.7. The fourth-order valence-electron chi connectivity index (χ4n) is 1.99. The van der Waals surface area contributed by atoms with Crippen molar-refractivity contribution < 1.29 is 9.59 Å². The van der Waals surface area contributed by atoms with E-state index in [2.05, 4.69) is 0 Å². The summed E-state index contributed by atoms with van der Waals surface area (Å²) >= 11 is 0. The van der Waals surface area contributed by atoms with Gasteiger partial charge in [-0.05, 0) is 25.0 Å². The van der Waals surface area contributed by atoms with Crippen LogP contribution < -0.4 is 0 Å². The fraction of sp³-hybridized carbons (Fsp3) is 0.231. The predicted molar refractivity (Wildman–Crippen MR) is 60.6 cm³/mol. The van der Waals surface area contributed by atoms with Crippen molar-refractivity contribution in [3.05, 3.63) is 47.5 Å². The Bertz CT molecular complexity index is 459. The Balaban J connectivity index is 2.33. The van der Waals surface area contributed by atoms with E-state index in [1.54, 1.807) is 0 Å². The Kier molecular flexibility index (Phi) is 2.60. The molecule has 1 aliphatic rings. The van der Waals surface area contributed by atoms with E-state index in [1.165, 1.54) is 17.1 Å². The van der Waals surface area contributed by atoms with Gasteiger partial charge in [0, 0.05) is 12.2 Å². The quantitative estimate of drug-likeness (QED) is 0.707. The number of benzene rings is 1. The van der Waals surface area contributed by atoms with Gasteiger partial charge in [0.05, 0.1) is 6.04 Å². The summed E-state index contributed by atoms with van der Waals surface area (Å²) in [6, 6.07) is 7.56. The minimum atomic E-state index is -0.235. The van der Waals surface area contributed by atoms with Crippen molar-refractivity contribution in [2.45, 2.75) is 19.9 Å². The molecule has 1 heterocycles. The maximum atomic E-state index is 11.5. The molecule has 2 rings (SSSR count). The maximum absolute atomic E-state index is 11.5. The van der Waals surface area contributed by atoms with Crippen molar-refractivity contribution in [2.24, 2.45) is 0 Å². The van der Waals surface area contributed by atoms with Crippen molar-refractivity contribution in [1.29, 1.82) is 0 Å². The van der Waals surface area contributed by atoms with E-state index in [1.807, 2.05) is 38.1 Å². The average Bonchev–Trinajstić information content (AvgIpc) is 2.58. The summed E-state index contributed by atoms with van der Waals surface area (Å²) in [4.78, 5) is 24.3.